The third-order valence-electron chi connectivity index (χ3n) is 16.1. The second kappa shape index (κ2) is 70.0. The Balaban J connectivity index is 5.29. The standard InChI is InChI=1S/C77H138O17P2/c1-5-9-13-17-21-25-29-32-33-34-35-36-37-40-43-46-50-54-58-62-75(80)88-67-72(93-76(81)63-59-55-51-47-41-28-24-20-16-12-8-4)69-91-95(83,84)89-65-71(78)66-90-96(85,86)92-70-73(94-77(82)64-60-56-52-48-44-39-31-27-23-19-15-11-7-3)68-87-74(79)61-57-53-49-45-42-38-30-26-22-18-14-10-6-2/h20-21,24-27,30-33,35-36,71-73,78H,5-19,22-23,28-29,34,37-70H2,1-4H3,(H,83,84)(H,85,86)/b24-20-,25-21-,30-26-,31-27-,33-32-,36-35-. The summed E-state index contributed by atoms with van der Waals surface area (Å²) >= 11 is 0. The molecule has 0 saturated carbocycles. The van der Waals surface area contributed by atoms with E-state index in [4.69, 9.17) is 37.0 Å². The number of carbonyl (C=O) groups is 4. The molecule has 19 heteroatoms. The molecule has 0 fully saturated rings. The summed E-state index contributed by atoms with van der Waals surface area (Å²) in [5.41, 5.74) is 0. The van der Waals surface area contributed by atoms with Gasteiger partial charge < -0.3 is 33.8 Å². The highest BCUT2D eigenvalue weighted by atomic mass is 31.2. The molecule has 0 spiro atoms. The molecule has 0 radical (unpaired) electrons. The molecule has 558 valence electrons. The molecule has 3 N–H and O–H groups in total. The first-order valence-electron chi connectivity index (χ1n) is 38.2. The minimum absolute atomic E-state index is 0.0832. The summed E-state index contributed by atoms with van der Waals surface area (Å²) in [5.74, 6) is -2.20. The van der Waals surface area contributed by atoms with Crippen molar-refractivity contribution < 1.29 is 80.2 Å². The first kappa shape index (κ1) is 92.5. The molecular weight excluding hydrogens is 1260 g/mol. The van der Waals surface area contributed by atoms with Gasteiger partial charge in [-0.25, -0.2) is 9.13 Å². The van der Waals surface area contributed by atoms with Gasteiger partial charge in [0, 0.05) is 25.7 Å². The van der Waals surface area contributed by atoms with Gasteiger partial charge in [0.05, 0.1) is 26.4 Å². The van der Waals surface area contributed by atoms with Gasteiger partial charge in [0.15, 0.2) is 12.2 Å². The van der Waals surface area contributed by atoms with E-state index in [1.165, 1.54) is 83.5 Å². The Labute approximate surface area is 583 Å². The summed E-state index contributed by atoms with van der Waals surface area (Å²) in [6.45, 7) is 4.76. The van der Waals surface area contributed by atoms with Gasteiger partial charge in [0.1, 0.15) is 19.3 Å². The van der Waals surface area contributed by atoms with Gasteiger partial charge in [-0.05, 0) is 135 Å². The zero-order chi connectivity index (χ0) is 70.4. The average Bonchev–Trinajstić information content (AvgIpc) is 1.15. The van der Waals surface area contributed by atoms with Crippen LogP contribution in [0.5, 0.6) is 0 Å². The van der Waals surface area contributed by atoms with E-state index in [0.717, 1.165) is 173 Å². The summed E-state index contributed by atoms with van der Waals surface area (Å²) in [6, 6.07) is 0. The van der Waals surface area contributed by atoms with Gasteiger partial charge in [-0.3, -0.25) is 37.3 Å². The Morgan fingerprint density at radius 1 is 0.292 bits per heavy atom. The molecule has 0 heterocycles. The fraction of sp³-hybridized carbons (Fsp3) is 0.792. The lowest BCUT2D eigenvalue weighted by molar-refractivity contribution is -0.161. The molecule has 5 atom stereocenters. The van der Waals surface area contributed by atoms with Crippen molar-refractivity contribution >= 4 is 39.5 Å². The van der Waals surface area contributed by atoms with E-state index in [9.17, 15) is 43.2 Å². The lowest BCUT2D eigenvalue weighted by atomic mass is 10.1. The second-order valence-corrected chi connectivity index (χ2v) is 28.5. The number of rotatable bonds is 72. The lowest BCUT2D eigenvalue weighted by Crippen LogP contribution is -2.30. The van der Waals surface area contributed by atoms with Crippen LogP contribution in [0.15, 0.2) is 72.9 Å². The van der Waals surface area contributed by atoms with E-state index in [2.05, 4.69) is 101 Å². The second-order valence-electron chi connectivity index (χ2n) is 25.6. The first-order valence-corrected chi connectivity index (χ1v) is 41.2. The number of aliphatic hydroxyl groups excluding tert-OH is 1. The molecule has 0 saturated heterocycles. The zero-order valence-electron chi connectivity index (χ0n) is 60.8. The van der Waals surface area contributed by atoms with Crippen molar-refractivity contribution in [1.82, 2.24) is 0 Å². The first-order chi connectivity index (χ1) is 46.7. The third kappa shape index (κ3) is 69.0. The lowest BCUT2D eigenvalue weighted by Gasteiger charge is -2.21. The van der Waals surface area contributed by atoms with Gasteiger partial charge in [0.2, 0.25) is 0 Å². The predicted octanol–water partition coefficient (Wildman–Crippen LogP) is 21.7. The van der Waals surface area contributed by atoms with Gasteiger partial charge in [-0.1, -0.05) is 248 Å². The van der Waals surface area contributed by atoms with Crippen molar-refractivity contribution in [1.29, 1.82) is 0 Å². The highest BCUT2D eigenvalue weighted by molar-refractivity contribution is 7.47. The molecule has 0 aliphatic heterocycles. The number of ether oxygens (including phenoxy) is 4. The van der Waals surface area contributed by atoms with Gasteiger partial charge >= 0.3 is 39.5 Å². The van der Waals surface area contributed by atoms with Crippen LogP contribution in [0, 0.1) is 0 Å². The van der Waals surface area contributed by atoms with Crippen LogP contribution in [0.1, 0.15) is 336 Å². The molecule has 0 rings (SSSR count). The van der Waals surface area contributed by atoms with Crippen molar-refractivity contribution in [2.75, 3.05) is 39.6 Å². The number of phosphoric ester groups is 2. The van der Waals surface area contributed by atoms with E-state index in [-0.39, 0.29) is 25.7 Å². The molecule has 0 aromatic heterocycles. The van der Waals surface area contributed by atoms with Crippen LogP contribution in [0.25, 0.3) is 0 Å². The van der Waals surface area contributed by atoms with Gasteiger partial charge in [0.25, 0.3) is 0 Å². The van der Waals surface area contributed by atoms with Crippen LogP contribution in [-0.2, 0) is 65.4 Å². The molecule has 0 bridgehead atoms. The molecule has 0 aromatic rings. The van der Waals surface area contributed by atoms with E-state index in [1.807, 2.05) is 0 Å². The molecule has 17 nitrogen and oxygen atoms in total. The Morgan fingerprint density at radius 3 is 0.844 bits per heavy atom. The highest BCUT2D eigenvalue weighted by Crippen LogP contribution is 2.45. The van der Waals surface area contributed by atoms with Crippen molar-refractivity contribution in [3.05, 3.63) is 72.9 Å². The molecule has 5 unspecified atom stereocenters. The SMILES string of the molecule is CCCC/C=C\CCCCCCCC(=O)OC(COC(=O)CCCCCCCC/C=C\C/C=C\C/C=C\CCCCC)COP(=O)(O)OCC(O)COP(=O)(O)OCC(COC(=O)CCCCCCC/C=C\CCCCCC)OC(=O)CCCCCCC/C=C\CCCCCC. The van der Waals surface area contributed by atoms with Crippen LogP contribution >= 0.6 is 15.6 Å². The summed E-state index contributed by atoms with van der Waals surface area (Å²) in [7, 11) is -9.94. The molecule has 0 aromatic carbocycles. The third-order valence-corrected chi connectivity index (χ3v) is 18.0. The number of unbranched alkanes of at least 4 members (excludes halogenated alkanes) is 34. The van der Waals surface area contributed by atoms with Crippen LogP contribution in [0.2, 0.25) is 0 Å². The molecule has 0 aliphatic carbocycles. The number of aliphatic hydroxyl groups is 1. The summed E-state index contributed by atoms with van der Waals surface area (Å²) < 4.78 is 68.4. The van der Waals surface area contributed by atoms with E-state index in [0.29, 0.717) is 25.7 Å². The normalized spacial score (nSPS) is 14.4. The maximum absolute atomic E-state index is 13.1. The fourth-order valence-electron chi connectivity index (χ4n) is 10.2. The Bertz CT molecular complexity index is 2110. The van der Waals surface area contributed by atoms with E-state index in [1.54, 1.807) is 0 Å². The zero-order valence-corrected chi connectivity index (χ0v) is 62.6. The van der Waals surface area contributed by atoms with Crippen LogP contribution in [0.3, 0.4) is 0 Å². The van der Waals surface area contributed by atoms with Crippen LogP contribution < -0.4 is 0 Å². The molecule has 0 amide bonds. The quantitative estimate of drug-likeness (QED) is 0.0169. The maximum atomic E-state index is 13.1. The summed E-state index contributed by atoms with van der Waals surface area (Å²) in [6.07, 6.45) is 69.0. The van der Waals surface area contributed by atoms with Gasteiger partial charge in [-0.2, -0.15) is 0 Å². The Morgan fingerprint density at radius 2 is 0.521 bits per heavy atom. The number of carbonyl (C=O) groups excluding carboxylic acids is 4. The average molecular weight is 1400 g/mol. The number of hydrogen-bond acceptors (Lipinski definition) is 15. The largest absolute Gasteiger partial charge is 0.472 e. The molecular formula is C77H138O17P2. The van der Waals surface area contributed by atoms with Crippen LogP contribution in [-0.4, -0.2) is 96.7 Å². The topological polar surface area (TPSA) is 237 Å². The molecule has 96 heavy (non-hydrogen) atoms. The predicted molar refractivity (Wildman–Crippen MR) is 390 cm³/mol. The Kier molecular flexibility index (Phi) is 67.4. The maximum Gasteiger partial charge on any atom is 0.472 e. The van der Waals surface area contributed by atoms with E-state index >= 15 is 0 Å². The van der Waals surface area contributed by atoms with Crippen molar-refractivity contribution in [3.63, 3.8) is 0 Å². The molecule has 0 aliphatic rings. The monoisotopic (exact) mass is 1400 g/mol. The van der Waals surface area contributed by atoms with Crippen LogP contribution in [0.4, 0.5) is 0 Å². The summed E-state index contributed by atoms with van der Waals surface area (Å²) in [4.78, 5) is 72.7. The van der Waals surface area contributed by atoms with Gasteiger partial charge in [-0.15, -0.1) is 0 Å². The summed E-state index contributed by atoms with van der Waals surface area (Å²) in [5, 5.41) is 10.6. The minimum atomic E-state index is -4.97. The van der Waals surface area contributed by atoms with E-state index < -0.39 is 97.5 Å². The van der Waals surface area contributed by atoms with Crippen molar-refractivity contribution in [2.45, 2.75) is 354 Å². The Hall–Kier alpha value is -3.50. The van der Waals surface area contributed by atoms with Crippen molar-refractivity contribution in [2.24, 2.45) is 0 Å². The number of esters is 4. The minimum Gasteiger partial charge on any atom is -0.462 e. The highest BCUT2D eigenvalue weighted by Gasteiger charge is 2.30. The smallest absolute Gasteiger partial charge is 0.462 e. The fourth-order valence-corrected chi connectivity index (χ4v) is 11.8. The van der Waals surface area contributed by atoms with Crippen molar-refractivity contribution in [3.8, 4) is 0 Å². The number of hydrogen-bond donors (Lipinski definition) is 3. The number of phosphoric acid groups is 2. The number of allylic oxidation sites excluding steroid dienone is 12.